The lowest BCUT2D eigenvalue weighted by Crippen LogP contribution is -2.33. The molecular weight excluding hydrogens is 180 g/mol. The highest BCUT2D eigenvalue weighted by Crippen LogP contribution is 2.02. The van der Waals surface area contributed by atoms with Gasteiger partial charge in [-0.3, -0.25) is 9.89 Å². The molecule has 2 N–H and O–H groups in total. The van der Waals surface area contributed by atoms with Crippen molar-refractivity contribution in [1.29, 1.82) is 5.26 Å². The Morgan fingerprint density at radius 2 is 2.57 bits per heavy atom. The van der Waals surface area contributed by atoms with E-state index in [-0.39, 0.29) is 5.91 Å². The number of nitrogens with one attached hydrogen (secondary N) is 2. The summed E-state index contributed by atoms with van der Waals surface area (Å²) in [5.74, 6) is -0.284. The lowest BCUT2D eigenvalue weighted by atomic mass is 10.2. The van der Waals surface area contributed by atoms with Crippen molar-refractivity contribution in [3.05, 3.63) is 17.5 Å². The van der Waals surface area contributed by atoms with Gasteiger partial charge in [0.05, 0.1) is 12.3 Å². The predicted octanol–water partition coefficient (Wildman–Crippen LogP) is 0.750. The number of carbonyl (C=O) groups is 1. The first-order valence-electron chi connectivity index (χ1n) is 4.39. The number of hydrogen-bond acceptors (Lipinski definition) is 3. The summed E-state index contributed by atoms with van der Waals surface area (Å²) in [5, 5.41) is 17.6. The summed E-state index contributed by atoms with van der Waals surface area (Å²) in [6.45, 7) is 3.62. The maximum Gasteiger partial charge on any atom is 0.270 e. The molecule has 0 saturated heterocycles. The molecule has 1 aromatic rings. The van der Waals surface area contributed by atoms with Crippen molar-refractivity contribution >= 4 is 5.91 Å². The normalized spacial score (nSPS) is 11.8. The maximum absolute atomic E-state index is 11.5. The van der Waals surface area contributed by atoms with Gasteiger partial charge in [-0.05, 0) is 18.9 Å². The van der Waals surface area contributed by atoms with Crippen LogP contribution in [0.15, 0.2) is 6.20 Å². The van der Waals surface area contributed by atoms with E-state index in [9.17, 15) is 4.79 Å². The van der Waals surface area contributed by atoms with Crippen LogP contribution >= 0.6 is 0 Å². The van der Waals surface area contributed by atoms with Gasteiger partial charge in [-0.1, -0.05) is 6.92 Å². The van der Waals surface area contributed by atoms with Crippen molar-refractivity contribution < 1.29 is 4.79 Å². The molecule has 0 bridgehead atoms. The number of amides is 1. The smallest absolute Gasteiger partial charge is 0.270 e. The summed E-state index contributed by atoms with van der Waals surface area (Å²) >= 11 is 0. The number of aromatic amines is 1. The summed E-state index contributed by atoms with van der Waals surface area (Å²) in [6.07, 6.45) is 2.16. The van der Waals surface area contributed by atoms with Crippen LogP contribution in [0.3, 0.4) is 0 Å². The van der Waals surface area contributed by atoms with Gasteiger partial charge in [0.1, 0.15) is 11.7 Å². The van der Waals surface area contributed by atoms with Gasteiger partial charge in [0, 0.05) is 0 Å². The summed E-state index contributed by atoms with van der Waals surface area (Å²) < 4.78 is 0. The Morgan fingerprint density at radius 3 is 3.00 bits per heavy atom. The van der Waals surface area contributed by atoms with Crippen molar-refractivity contribution in [2.75, 3.05) is 0 Å². The minimum atomic E-state index is -0.440. The Morgan fingerprint density at radius 1 is 1.86 bits per heavy atom. The van der Waals surface area contributed by atoms with E-state index in [0.717, 1.165) is 5.56 Å². The molecule has 74 valence electrons. The Hall–Kier alpha value is -1.83. The third kappa shape index (κ3) is 2.10. The molecule has 1 amide bonds. The second-order valence-electron chi connectivity index (χ2n) is 2.99. The van der Waals surface area contributed by atoms with Crippen LogP contribution < -0.4 is 5.32 Å². The van der Waals surface area contributed by atoms with E-state index in [1.165, 1.54) is 0 Å². The quantitative estimate of drug-likeness (QED) is 0.741. The molecule has 0 fully saturated rings. The van der Waals surface area contributed by atoms with Gasteiger partial charge >= 0.3 is 0 Å². The minimum Gasteiger partial charge on any atom is -0.335 e. The highest BCUT2D eigenvalue weighted by atomic mass is 16.2. The van der Waals surface area contributed by atoms with Crippen LogP contribution in [-0.2, 0) is 0 Å². The molecule has 1 rings (SSSR count). The number of H-pyrrole nitrogens is 1. The van der Waals surface area contributed by atoms with Gasteiger partial charge in [0.15, 0.2) is 0 Å². The molecule has 0 radical (unpaired) electrons. The van der Waals surface area contributed by atoms with Crippen LogP contribution in [0.25, 0.3) is 0 Å². The van der Waals surface area contributed by atoms with Crippen molar-refractivity contribution in [2.24, 2.45) is 0 Å². The zero-order chi connectivity index (χ0) is 10.6. The largest absolute Gasteiger partial charge is 0.335 e. The number of carbonyl (C=O) groups excluding carboxylic acids is 1. The van der Waals surface area contributed by atoms with Crippen molar-refractivity contribution in [3.63, 3.8) is 0 Å². The van der Waals surface area contributed by atoms with E-state index in [1.807, 2.05) is 13.0 Å². The molecule has 14 heavy (non-hydrogen) atoms. The first-order chi connectivity index (χ1) is 6.69. The Balaban J connectivity index is 2.69. The summed E-state index contributed by atoms with van der Waals surface area (Å²) in [7, 11) is 0. The molecule has 1 heterocycles. The molecule has 0 aromatic carbocycles. The van der Waals surface area contributed by atoms with Crippen molar-refractivity contribution in [2.45, 2.75) is 26.3 Å². The van der Waals surface area contributed by atoms with E-state index in [2.05, 4.69) is 15.5 Å². The standard InChI is InChI=1S/C9H12N4O/c1-3-7(4-10)12-9(14)8-6(2)5-11-13-8/h5,7H,3H2,1-2H3,(H,11,13)(H,12,14). The summed E-state index contributed by atoms with van der Waals surface area (Å²) in [5.41, 5.74) is 1.19. The first kappa shape index (κ1) is 10.3. The van der Waals surface area contributed by atoms with Crippen LogP contribution in [0.4, 0.5) is 0 Å². The molecule has 0 aliphatic rings. The molecular formula is C9H12N4O. The van der Waals surface area contributed by atoms with Crippen molar-refractivity contribution in [1.82, 2.24) is 15.5 Å². The average molecular weight is 192 g/mol. The average Bonchev–Trinajstić information content (AvgIpc) is 2.60. The van der Waals surface area contributed by atoms with Crippen LogP contribution in [0.2, 0.25) is 0 Å². The number of aryl methyl sites for hydroxylation is 1. The molecule has 0 saturated carbocycles. The number of rotatable bonds is 3. The lowest BCUT2D eigenvalue weighted by molar-refractivity contribution is 0.0939. The van der Waals surface area contributed by atoms with Gasteiger partial charge in [-0.15, -0.1) is 0 Å². The first-order valence-corrected chi connectivity index (χ1v) is 4.39. The number of aromatic nitrogens is 2. The fraction of sp³-hybridized carbons (Fsp3) is 0.444. The highest BCUT2D eigenvalue weighted by Gasteiger charge is 2.14. The highest BCUT2D eigenvalue weighted by molar-refractivity contribution is 5.93. The SMILES string of the molecule is CCC(C#N)NC(=O)c1[nH]ncc1C. The Labute approximate surface area is 82.1 Å². The molecule has 1 atom stereocenters. The molecule has 5 nitrogen and oxygen atoms in total. The van der Waals surface area contributed by atoms with E-state index >= 15 is 0 Å². The second-order valence-corrected chi connectivity index (χ2v) is 2.99. The van der Waals surface area contributed by atoms with Crippen LogP contribution in [-0.4, -0.2) is 22.1 Å². The van der Waals surface area contributed by atoms with E-state index in [0.29, 0.717) is 12.1 Å². The molecule has 0 spiro atoms. The summed E-state index contributed by atoms with van der Waals surface area (Å²) in [4.78, 5) is 11.5. The number of nitrogens with zero attached hydrogens (tertiary/aromatic N) is 2. The molecule has 0 aliphatic carbocycles. The second kappa shape index (κ2) is 4.42. The van der Waals surface area contributed by atoms with Gasteiger partial charge < -0.3 is 5.32 Å². The fourth-order valence-corrected chi connectivity index (χ4v) is 1.03. The van der Waals surface area contributed by atoms with Gasteiger partial charge in [0.25, 0.3) is 5.91 Å². The molecule has 1 aromatic heterocycles. The summed E-state index contributed by atoms with van der Waals surface area (Å²) in [6, 6.07) is 1.56. The zero-order valence-electron chi connectivity index (χ0n) is 8.16. The zero-order valence-corrected chi connectivity index (χ0v) is 8.16. The van der Waals surface area contributed by atoms with E-state index < -0.39 is 6.04 Å². The maximum atomic E-state index is 11.5. The molecule has 0 aliphatic heterocycles. The monoisotopic (exact) mass is 192 g/mol. The third-order valence-corrected chi connectivity index (χ3v) is 1.93. The van der Waals surface area contributed by atoms with Gasteiger partial charge in [-0.2, -0.15) is 10.4 Å². The Kier molecular flexibility index (Phi) is 3.24. The van der Waals surface area contributed by atoms with Crippen molar-refractivity contribution in [3.8, 4) is 6.07 Å². The van der Waals surface area contributed by atoms with Gasteiger partial charge in [-0.25, -0.2) is 0 Å². The van der Waals surface area contributed by atoms with Crippen LogP contribution in [0.1, 0.15) is 29.4 Å². The van der Waals surface area contributed by atoms with Crippen LogP contribution in [0.5, 0.6) is 0 Å². The Bertz CT molecular complexity index is 363. The third-order valence-electron chi connectivity index (χ3n) is 1.93. The fourth-order valence-electron chi connectivity index (χ4n) is 1.03. The molecule has 5 heteroatoms. The predicted molar refractivity (Wildman–Crippen MR) is 50.5 cm³/mol. The molecule has 1 unspecified atom stereocenters. The minimum absolute atomic E-state index is 0.284. The van der Waals surface area contributed by atoms with Crippen LogP contribution in [0, 0.1) is 18.3 Å². The van der Waals surface area contributed by atoms with Gasteiger partial charge in [0.2, 0.25) is 0 Å². The number of nitriles is 1. The topological polar surface area (TPSA) is 81.6 Å². The van der Waals surface area contributed by atoms with E-state index in [1.54, 1.807) is 13.1 Å². The van der Waals surface area contributed by atoms with E-state index in [4.69, 9.17) is 5.26 Å². The number of hydrogen-bond donors (Lipinski definition) is 2. The lowest BCUT2D eigenvalue weighted by Gasteiger charge is -2.07.